The summed E-state index contributed by atoms with van der Waals surface area (Å²) >= 11 is 0. The van der Waals surface area contributed by atoms with E-state index in [9.17, 15) is 9.59 Å². The Balaban J connectivity index is 1.90. The lowest BCUT2D eigenvalue weighted by molar-refractivity contribution is -0.140. The number of carbonyl (C=O) groups excluding carboxylic acids is 2. The molecule has 0 bridgehead atoms. The van der Waals surface area contributed by atoms with Gasteiger partial charge in [0, 0.05) is 20.1 Å². The standard InChI is InChI=1S/C13H22N2O3/c1-14-11(10-5-3-4-6-10)9-15(13(14)17)8-7-12(16)18-2/h10-11H,3-9H2,1-2H3. The number of hydrogen-bond acceptors (Lipinski definition) is 3. The summed E-state index contributed by atoms with van der Waals surface area (Å²) in [5.74, 6) is 0.386. The first-order chi connectivity index (χ1) is 8.63. The Hall–Kier alpha value is -1.26. The number of carbonyl (C=O) groups is 2. The van der Waals surface area contributed by atoms with Crippen molar-refractivity contribution in [2.24, 2.45) is 5.92 Å². The van der Waals surface area contributed by atoms with Gasteiger partial charge < -0.3 is 14.5 Å². The van der Waals surface area contributed by atoms with Crippen LogP contribution < -0.4 is 0 Å². The molecular formula is C13H22N2O3. The van der Waals surface area contributed by atoms with Gasteiger partial charge in [-0.2, -0.15) is 0 Å². The zero-order chi connectivity index (χ0) is 13.1. The van der Waals surface area contributed by atoms with Crippen LogP contribution >= 0.6 is 0 Å². The number of urea groups is 1. The molecule has 2 aliphatic rings. The van der Waals surface area contributed by atoms with Crippen LogP contribution in [0.2, 0.25) is 0 Å². The fourth-order valence-corrected chi connectivity index (χ4v) is 3.11. The van der Waals surface area contributed by atoms with Crippen molar-refractivity contribution in [3.8, 4) is 0 Å². The Bertz CT molecular complexity index is 326. The second-order valence-electron chi connectivity index (χ2n) is 5.28. The van der Waals surface area contributed by atoms with Gasteiger partial charge in [-0.05, 0) is 18.8 Å². The second-order valence-corrected chi connectivity index (χ2v) is 5.28. The van der Waals surface area contributed by atoms with Crippen LogP contribution in [0.3, 0.4) is 0 Å². The van der Waals surface area contributed by atoms with Crippen molar-refractivity contribution in [1.82, 2.24) is 9.80 Å². The molecule has 102 valence electrons. The van der Waals surface area contributed by atoms with Gasteiger partial charge in [0.1, 0.15) is 0 Å². The molecule has 0 N–H and O–H groups in total. The quantitative estimate of drug-likeness (QED) is 0.714. The van der Waals surface area contributed by atoms with Gasteiger partial charge in [0.25, 0.3) is 0 Å². The van der Waals surface area contributed by atoms with E-state index in [2.05, 4.69) is 4.74 Å². The number of likely N-dealkylation sites (N-methyl/N-ethyl adjacent to an activating group) is 1. The van der Waals surface area contributed by atoms with E-state index in [-0.39, 0.29) is 18.4 Å². The minimum atomic E-state index is -0.255. The highest BCUT2D eigenvalue weighted by atomic mass is 16.5. The average molecular weight is 254 g/mol. The first-order valence-corrected chi connectivity index (χ1v) is 6.72. The third-order valence-corrected chi connectivity index (χ3v) is 4.23. The smallest absolute Gasteiger partial charge is 0.320 e. The molecule has 0 aromatic carbocycles. The van der Waals surface area contributed by atoms with Crippen LogP contribution in [0.1, 0.15) is 32.1 Å². The Morgan fingerprint density at radius 2 is 2.06 bits per heavy atom. The lowest BCUT2D eigenvalue weighted by Gasteiger charge is -2.23. The van der Waals surface area contributed by atoms with Gasteiger partial charge in [0.05, 0.1) is 19.6 Å². The van der Waals surface area contributed by atoms with Crippen molar-refractivity contribution >= 4 is 12.0 Å². The van der Waals surface area contributed by atoms with E-state index >= 15 is 0 Å². The summed E-state index contributed by atoms with van der Waals surface area (Å²) in [6, 6.07) is 0.383. The first-order valence-electron chi connectivity index (χ1n) is 6.72. The number of ether oxygens (including phenoxy) is 1. The third-order valence-electron chi connectivity index (χ3n) is 4.23. The highest BCUT2D eigenvalue weighted by molar-refractivity contribution is 5.78. The summed E-state index contributed by atoms with van der Waals surface area (Å²) in [5.41, 5.74) is 0. The predicted molar refractivity (Wildman–Crippen MR) is 67.1 cm³/mol. The fraction of sp³-hybridized carbons (Fsp3) is 0.846. The van der Waals surface area contributed by atoms with Crippen molar-refractivity contribution in [3.05, 3.63) is 0 Å². The number of methoxy groups -OCH3 is 1. The molecule has 5 nitrogen and oxygen atoms in total. The van der Waals surface area contributed by atoms with Crippen molar-refractivity contribution in [2.75, 3.05) is 27.2 Å². The molecule has 2 fully saturated rings. The van der Waals surface area contributed by atoms with Crippen LogP contribution in [0.25, 0.3) is 0 Å². The van der Waals surface area contributed by atoms with Crippen LogP contribution in [0, 0.1) is 5.92 Å². The van der Waals surface area contributed by atoms with Gasteiger partial charge in [-0.15, -0.1) is 0 Å². The topological polar surface area (TPSA) is 49.9 Å². The van der Waals surface area contributed by atoms with Crippen molar-refractivity contribution < 1.29 is 14.3 Å². The molecule has 1 aliphatic heterocycles. The van der Waals surface area contributed by atoms with Gasteiger partial charge in [0.2, 0.25) is 0 Å². The molecule has 0 radical (unpaired) electrons. The Morgan fingerprint density at radius 3 is 2.67 bits per heavy atom. The molecule has 1 unspecified atom stereocenters. The number of hydrogen-bond donors (Lipinski definition) is 0. The number of esters is 1. The maximum atomic E-state index is 12.1. The molecule has 18 heavy (non-hydrogen) atoms. The Morgan fingerprint density at radius 1 is 1.39 bits per heavy atom. The number of nitrogens with zero attached hydrogens (tertiary/aromatic N) is 2. The number of amides is 2. The SMILES string of the molecule is COC(=O)CCN1CC(C2CCCC2)N(C)C1=O. The molecule has 1 saturated carbocycles. The Kier molecular flexibility index (Phi) is 4.09. The molecular weight excluding hydrogens is 232 g/mol. The van der Waals surface area contributed by atoms with Crippen molar-refractivity contribution in [2.45, 2.75) is 38.1 Å². The molecule has 1 heterocycles. The van der Waals surface area contributed by atoms with Gasteiger partial charge in [-0.3, -0.25) is 4.79 Å². The molecule has 0 aromatic heterocycles. The third kappa shape index (κ3) is 2.60. The summed E-state index contributed by atoms with van der Waals surface area (Å²) in [6.07, 6.45) is 5.31. The second kappa shape index (κ2) is 5.59. The van der Waals surface area contributed by atoms with Crippen molar-refractivity contribution in [1.29, 1.82) is 0 Å². The van der Waals surface area contributed by atoms with E-state index in [1.807, 2.05) is 11.9 Å². The monoisotopic (exact) mass is 254 g/mol. The minimum Gasteiger partial charge on any atom is -0.469 e. The average Bonchev–Trinajstić information content (AvgIpc) is 2.98. The summed E-state index contributed by atoms with van der Waals surface area (Å²) < 4.78 is 4.61. The van der Waals surface area contributed by atoms with Crippen LogP contribution in [0.5, 0.6) is 0 Å². The molecule has 1 atom stereocenters. The summed E-state index contributed by atoms with van der Waals surface area (Å²) in [4.78, 5) is 26.8. The van der Waals surface area contributed by atoms with Gasteiger partial charge in [-0.25, -0.2) is 4.79 Å². The highest BCUT2D eigenvalue weighted by Crippen LogP contribution is 2.33. The molecule has 0 aromatic rings. The zero-order valence-corrected chi connectivity index (χ0v) is 11.2. The normalized spacial score (nSPS) is 25.0. The maximum Gasteiger partial charge on any atom is 0.320 e. The van der Waals surface area contributed by atoms with Crippen LogP contribution in [-0.2, 0) is 9.53 Å². The Labute approximate surface area is 108 Å². The predicted octanol–water partition coefficient (Wildman–Crippen LogP) is 1.48. The lowest BCUT2D eigenvalue weighted by Crippen LogP contribution is -2.35. The lowest BCUT2D eigenvalue weighted by atomic mass is 9.98. The molecule has 5 heteroatoms. The summed E-state index contributed by atoms with van der Waals surface area (Å²) in [5, 5.41) is 0. The van der Waals surface area contributed by atoms with E-state index in [1.165, 1.54) is 32.8 Å². The van der Waals surface area contributed by atoms with Crippen LogP contribution in [-0.4, -0.2) is 55.1 Å². The van der Waals surface area contributed by atoms with E-state index in [0.29, 0.717) is 18.5 Å². The molecule has 1 saturated heterocycles. The van der Waals surface area contributed by atoms with E-state index in [4.69, 9.17) is 0 Å². The van der Waals surface area contributed by atoms with Gasteiger partial charge >= 0.3 is 12.0 Å². The molecule has 2 rings (SSSR count). The van der Waals surface area contributed by atoms with Crippen LogP contribution in [0.4, 0.5) is 4.79 Å². The minimum absolute atomic E-state index is 0.0517. The summed E-state index contributed by atoms with van der Waals surface area (Å²) in [7, 11) is 3.26. The van der Waals surface area contributed by atoms with E-state index in [1.54, 1.807) is 4.90 Å². The van der Waals surface area contributed by atoms with Gasteiger partial charge in [-0.1, -0.05) is 12.8 Å². The van der Waals surface area contributed by atoms with Gasteiger partial charge in [0.15, 0.2) is 0 Å². The van der Waals surface area contributed by atoms with E-state index < -0.39 is 0 Å². The molecule has 0 spiro atoms. The first kappa shape index (κ1) is 13.2. The molecule has 2 amide bonds. The fourth-order valence-electron chi connectivity index (χ4n) is 3.11. The number of rotatable bonds is 4. The van der Waals surface area contributed by atoms with E-state index in [0.717, 1.165) is 6.54 Å². The molecule has 1 aliphatic carbocycles. The highest BCUT2D eigenvalue weighted by Gasteiger charge is 2.39. The largest absolute Gasteiger partial charge is 0.469 e. The van der Waals surface area contributed by atoms with Crippen LogP contribution in [0.15, 0.2) is 0 Å². The summed E-state index contributed by atoms with van der Waals surface area (Å²) in [6.45, 7) is 1.23. The van der Waals surface area contributed by atoms with Crippen molar-refractivity contribution in [3.63, 3.8) is 0 Å². The zero-order valence-electron chi connectivity index (χ0n) is 11.2. The maximum absolute atomic E-state index is 12.1.